The number of carbonyl (C=O) groups excluding carboxylic acids is 1. The summed E-state index contributed by atoms with van der Waals surface area (Å²) in [7, 11) is 0. The molecule has 0 spiro atoms. The Bertz CT molecular complexity index is 746. The van der Waals surface area contributed by atoms with Gasteiger partial charge in [0.2, 0.25) is 0 Å². The van der Waals surface area contributed by atoms with E-state index in [0.29, 0.717) is 10.8 Å². The van der Waals surface area contributed by atoms with Crippen molar-refractivity contribution in [3.8, 4) is 0 Å². The highest BCUT2D eigenvalue weighted by molar-refractivity contribution is 5.66. The van der Waals surface area contributed by atoms with Gasteiger partial charge in [0.25, 0.3) is 0 Å². The average Bonchev–Trinajstić information content (AvgIpc) is 3.05. The van der Waals surface area contributed by atoms with Crippen LogP contribution in [0.5, 0.6) is 0 Å². The Morgan fingerprint density at radius 1 is 1.13 bits per heavy atom. The van der Waals surface area contributed by atoms with Crippen molar-refractivity contribution in [2.75, 3.05) is 0 Å². The third kappa shape index (κ3) is 4.18. The van der Waals surface area contributed by atoms with Crippen molar-refractivity contribution < 1.29 is 9.53 Å². The topological polar surface area (TPSA) is 26.3 Å². The second-order valence-electron chi connectivity index (χ2n) is 12.3. The monoisotopic (exact) mass is 426 g/mol. The van der Waals surface area contributed by atoms with Gasteiger partial charge >= 0.3 is 5.97 Å². The molecule has 0 amide bonds. The van der Waals surface area contributed by atoms with E-state index in [4.69, 9.17) is 4.74 Å². The molecule has 0 saturated heterocycles. The first-order valence-electron chi connectivity index (χ1n) is 13.2. The summed E-state index contributed by atoms with van der Waals surface area (Å²) in [6.45, 7) is 13.8. The molecule has 0 bridgehead atoms. The maximum atomic E-state index is 11.5. The van der Waals surface area contributed by atoms with E-state index in [1.54, 1.807) is 18.1 Å². The Morgan fingerprint density at radius 2 is 1.90 bits per heavy atom. The Labute approximate surface area is 191 Å². The van der Waals surface area contributed by atoms with Crippen molar-refractivity contribution in [1.29, 1.82) is 0 Å². The molecule has 0 aromatic carbocycles. The molecule has 2 heteroatoms. The fourth-order valence-corrected chi connectivity index (χ4v) is 8.50. The summed E-state index contributed by atoms with van der Waals surface area (Å²) in [5.41, 5.74) is 4.12. The lowest BCUT2D eigenvalue weighted by molar-refractivity contribution is -0.148. The van der Waals surface area contributed by atoms with Crippen molar-refractivity contribution in [2.24, 2.45) is 40.4 Å². The lowest BCUT2D eigenvalue weighted by atomic mass is 9.47. The van der Waals surface area contributed by atoms with Crippen LogP contribution in [0.4, 0.5) is 0 Å². The van der Waals surface area contributed by atoms with E-state index < -0.39 is 0 Å². The van der Waals surface area contributed by atoms with Crippen LogP contribution in [0.1, 0.15) is 106 Å². The number of esters is 1. The van der Waals surface area contributed by atoms with Gasteiger partial charge in [0, 0.05) is 13.3 Å². The molecular formula is C29H46O2. The van der Waals surface area contributed by atoms with Gasteiger partial charge < -0.3 is 4.74 Å². The minimum absolute atomic E-state index is 0.108. The van der Waals surface area contributed by atoms with Crippen molar-refractivity contribution in [2.45, 2.75) is 112 Å². The molecule has 31 heavy (non-hydrogen) atoms. The van der Waals surface area contributed by atoms with E-state index in [9.17, 15) is 4.79 Å². The molecule has 7 atom stereocenters. The lowest BCUT2D eigenvalue weighted by Gasteiger charge is -2.58. The average molecular weight is 427 g/mol. The van der Waals surface area contributed by atoms with E-state index in [1.165, 1.54) is 51.4 Å². The molecule has 4 rings (SSSR count). The van der Waals surface area contributed by atoms with Crippen LogP contribution >= 0.6 is 0 Å². The number of hydrogen-bond donors (Lipinski definition) is 0. The predicted octanol–water partition coefficient (Wildman–Crippen LogP) is 7.88. The molecule has 0 N–H and O–H groups in total. The molecular weight excluding hydrogens is 380 g/mol. The van der Waals surface area contributed by atoms with Gasteiger partial charge in [-0.25, -0.2) is 0 Å². The first kappa shape index (κ1) is 23.1. The second kappa shape index (κ2) is 8.71. The number of carbonyl (C=O) groups is 1. The molecule has 0 aliphatic heterocycles. The minimum atomic E-state index is -0.120. The Morgan fingerprint density at radius 3 is 2.61 bits per heavy atom. The van der Waals surface area contributed by atoms with Crippen LogP contribution in [0.2, 0.25) is 0 Å². The highest BCUT2D eigenvalue weighted by atomic mass is 16.5. The lowest BCUT2D eigenvalue weighted by Crippen LogP contribution is -2.50. The zero-order valence-electron chi connectivity index (χ0n) is 21.0. The number of rotatable bonds is 5. The van der Waals surface area contributed by atoms with Crippen LogP contribution in [-0.4, -0.2) is 12.1 Å². The third-order valence-electron chi connectivity index (χ3n) is 10.2. The largest absolute Gasteiger partial charge is 0.462 e. The van der Waals surface area contributed by atoms with E-state index >= 15 is 0 Å². The minimum Gasteiger partial charge on any atom is -0.462 e. The Balaban J connectivity index is 1.50. The van der Waals surface area contributed by atoms with Crippen molar-refractivity contribution in [1.82, 2.24) is 0 Å². The number of fused-ring (bicyclic) bond motifs is 5. The summed E-state index contributed by atoms with van der Waals surface area (Å²) in [5, 5.41) is 0. The summed E-state index contributed by atoms with van der Waals surface area (Å²) in [4.78, 5) is 11.5. The van der Waals surface area contributed by atoms with Crippen LogP contribution < -0.4 is 0 Å². The van der Waals surface area contributed by atoms with Gasteiger partial charge in [0.1, 0.15) is 6.10 Å². The maximum Gasteiger partial charge on any atom is 0.302 e. The molecule has 0 aromatic rings. The summed E-state index contributed by atoms with van der Waals surface area (Å²) >= 11 is 0. The van der Waals surface area contributed by atoms with Crippen LogP contribution in [0, 0.1) is 40.4 Å². The van der Waals surface area contributed by atoms with Crippen molar-refractivity contribution >= 4 is 5.97 Å². The Hall–Kier alpha value is -1.05. The number of hydrogen-bond acceptors (Lipinski definition) is 2. The molecule has 174 valence electrons. The zero-order chi connectivity index (χ0) is 22.4. The van der Waals surface area contributed by atoms with E-state index in [2.05, 4.69) is 46.8 Å². The van der Waals surface area contributed by atoms with Crippen LogP contribution in [0.25, 0.3) is 0 Å². The molecule has 7 unspecified atom stereocenters. The number of allylic oxidation sites excluding steroid dienone is 3. The van der Waals surface area contributed by atoms with E-state index in [0.717, 1.165) is 42.4 Å². The highest BCUT2D eigenvalue weighted by Gasteiger charge is 2.58. The molecule has 4 aliphatic carbocycles. The third-order valence-corrected chi connectivity index (χ3v) is 10.2. The molecule has 0 aromatic heterocycles. The molecule has 3 fully saturated rings. The molecule has 0 heterocycles. The van der Waals surface area contributed by atoms with Gasteiger partial charge in [-0.1, -0.05) is 51.0 Å². The predicted molar refractivity (Wildman–Crippen MR) is 129 cm³/mol. The molecule has 3 saturated carbocycles. The van der Waals surface area contributed by atoms with Crippen LogP contribution in [-0.2, 0) is 9.53 Å². The smallest absolute Gasteiger partial charge is 0.302 e. The molecule has 0 radical (unpaired) electrons. The summed E-state index contributed by atoms with van der Waals surface area (Å²) in [6.07, 6.45) is 17.9. The standard InChI is InChI=1S/C29H46O2/c1-19(2)8-7-9-20(3)25-12-13-26-24-11-10-22-18-23(31-21(4)30)14-16-28(22,5)27(24)15-17-29(25,26)6/h9-10,19,23-27H,7-8,11-18H2,1-6H3. The van der Waals surface area contributed by atoms with Gasteiger partial charge in [-0.3, -0.25) is 4.79 Å². The van der Waals surface area contributed by atoms with E-state index in [-0.39, 0.29) is 12.1 Å². The SMILES string of the molecule is CC(=O)OC1CCC2(C)C(=CCC3C2CCC2(C)C(C(C)=CCCC(C)C)CCC32)C1. The summed E-state index contributed by atoms with van der Waals surface area (Å²) < 4.78 is 5.61. The van der Waals surface area contributed by atoms with Gasteiger partial charge in [0.15, 0.2) is 0 Å². The van der Waals surface area contributed by atoms with Crippen LogP contribution in [0.15, 0.2) is 23.3 Å². The molecule has 2 nitrogen and oxygen atoms in total. The van der Waals surface area contributed by atoms with Crippen LogP contribution in [0.3, 0.4) is 0 Å². The Kier molecular flexibility index (Phi) is 6.50. The first-order valence-corrected chi connectivity index (χ1v) is 13.2. The number of ether oxygens (including phenoxy) is 1. The molecule has 4 aliphatic rings. The van der Waals surface area contributed by atoms with Crippen molar-refractivity contribution in [3.05, 3.63) is 23.3 Å². The fourth-order valence-electron chi connectivity index (χ4n) is 8.50. The van der Waals surface area contributed by atoms with Gasteiger partial charge in [-0.15, -0.1) is 0 Å². The van der Waals surface area contributed by atoms with Gasteiger partial charge in [0.05, 0.1) is 0 Å². The summed E-state index contributed by atoms with van der Waals surface area (Å²) in [5.74, 6) is 4.03. The van der Waals surface area contributed by atoms with Gasteiger partial charge in [-0.05, 0) is 105 Å². The first-order chi connectivity index (χ1) is 14.6. The quantitative estimate of drug-likeness (QED) is 0.330. The highest BCUT2D eigenvalue weighted by Crippen LogP contribution is 2.67. The maximum absolute atomic E-state index is 11.5. The van der Waals surface area contributed by atoms with Gasteiger partial charge in [-0.2, -0.15) is 0 Å². The van der Waals surface area contributed by atoms with E-state index in [1.807, 2.05) is 0 Å². The van der Waals surface area contributed by atoms with Crippen molar-refractivity contribution in [3.63, 3.8) is 0 Å². The zero-order valence-corrected chi connectivity index (χ0v) is 21.0. The normalized spacial score (nSPS) is 42.5. The fraction of sp³-hybridized carbons (Fsp3) is 0.828. The summed E-state index contributed by atoms with van der Waals surface area (Å²) in [6, 6.07) is 0. The second-order valence-corrected chi connectivity index (χ2v) is 12.3.